The van der Waals surface area contributed by atoms with Gasteiger partial charge in [-0.3, -0.25) is 19.1 Å². The highest BCUT2D eigenvalue weighted by molar-refractivity contribution is 6.31. The van der Waals surface area contributed by atoms with Crippen molar-refractivity contribution in [1.82, 2.24) is 9.55 Å². The predicted molar refractivity (Wildman–Crippen MR) is 80.9 cm³/mol. The average molecular weight is 308 g/mol. The summed E-state index contributed by atoms with van der Waals surface area (Å²) in [5, 5.41) is 0. The van der Waals surface area contributed by atoms with Crippen LogP contribution in [0.2, 0.25) is 0 Å². The molecule has 1 aromatic carbocycles. The van der Waals surface area contributed by atoms with Crippen molar-refractivity contribution in [3.05, 3.63) is 62.3 Å². The van der Waals surface area contributed by atoms with Crippen LogP contribution < -0.4 is 17.0 Å². The molecule has 7 heteroatoms. The number of Topliss-reactive ketones (excluding diaryl/α,β-unsaturated/α-hetero) is 1. The van der Waals surface area contributed by atoms with Gasteiger partial charge in [0.15, 0.2) is 5.78 Å². The molecule has 0 radical (unpaired) electrons. The maximum absolute atomic E-state index is 11.8. The van der Waals surface area contributed by atoms with Gasteiger partial charge in [0.25, 0.3) is 5.56 Å². The molecule has 1 heterocycles. The Hall–Kier alpha value is -2.34. The SMILES string of the molecule is Nc1c(C(=O)CCl)c(=O)[nH]c(=O)n1CCc1ccccc1. The summed E-state index contributed by atoms with van der Waals surface area (Å²) in [5.74, 6) is -1.13. The van der Waals surface area contributed by atoms with E-state index in [0.717, 1.165) is 5.56 Å². The molecule has 0 aliphatic heterocycles. The fourth-order valence-electron chi connectivity index (χ4n) is 2.03. The number of ketones is 1. The third-order valence-corrected chi connectivity index (χ3v) is 3.35. The second-order valence-electron chi connectivity index (χ2n) is 4.46. The van der Waals surface area contributed by atoms with Crippen LogP contribution in [0, 0.1) is 0 Å². The van der Waals surface area contributed by atoms with E-state index in [1.165, 1.54) is 4.57 Å². The van der Waals surface area contributed by atoms with Crippen molar-refractivity contribution in [3.8, 4) is 0 Å². The lowest BCUT2D eigenvalue weighted by Crippen LogP contribution is -2.36. The number of anilines is 1. The fraction of sp³-hybridized carbons (Fsp3) is 0.214. The third-order valence-electron chi connectivity index (χ3n) is 3.11. The number of hydrogen-bond acceptors (Lipinski definition) is 4. The molecule has 2 rings (SSSR count). The Morgan fingerprint density at radius 1 is 1.24 bits per heavy atom. The van der Waals surface area contributed by atoms with Gasteiger partial charge in [-0.2, -0.15) is 0 Å². The van der Waals surface area contributed by atoms with E-state index >= 15 is 0 Å². The van der Waals surface area contributed by atoms with E-state index in [2.05, 4.69) is 4.98 Å². The first-order chi connectivity index (χ1) is 10.0. The van der Waals surface area contributed by atoms with Crippen LogP contribution >= 0.6 is 11.6 Å². The van der Waals surface area contributed by atoms with Gasteiger partial charge in [0.2, 0.25) is 0 Å². The summed E-state index contributed by atoms with van der Waals surface area (Å²) in [6.45, 7) is 0.258. The molecule has 0 fully saturated rings. The van der Waals surface area contributed by atoms with Crippen molar-refractivity contribution in [2.75, 3.05) is 11.6 Å². The van der Waals surface area contributed by atoms with Gasteiger partial charge in [0.05, 0.1) is 5.88 Å². The molecule has 0 aliphatic carbocycles. The molecule has 2 aromatic rings. The Morgan fingerprint density at radius 3 is 2.52 bits per heavy atom. The van der Waals surface area contributed by atoms with Gasteiger partial charge >= 0.3 is 5.69 Å². The van der Waals surface area contributed by atoms with Crippen LogP contribution in [0.4, 0.5) is 5.82 Å². The van der Waals surface area contributed by atoms with Gasteiger partial charge in [-0.25, -0.2) is 4.79 Å². The van der Waals surface area contributed by atoms with E-state index in [1.807, 2.05) is 30.3 Å². The lowest BCUT2D eigenvalue weighted by atomic mass is 10.1. The van der Waals surface area contributed by atoms with Gasteiger partial charge in [0, 0.05) is 6.54 Å². The maximum Gasteiger partial charge on any atom is 0.329 e. The maximum atomic E-state index is 11.8. The second-order valence-corrected chi connectivity index (χ2v) is 4.73. The molecule has 6 nitrogen and oxygen atoms in total. The predicted octanol–water partition coefficient (Wildman–Crippen LogP) is 0.783. The van der Waals surface area contributed by atoms with E-state index in [-0.39, 0.29) is 23.8 Å². The Morgan fingerprint density at radius 2 is 1.90 bits per heavy atom. The van der Waals surface area contributed by atoms with Gasteiger partial charge in [-0.05, 0) is 12.0 Å². The van der Waals surface area contributed by atoms with Gasteiger partial charge in [-0.15, -0.1) is 11.6 Å². The van der Waals surface area contributed by atoms with Crippen molar-refractivity contribution < 1.29 is 4.79 Å². The number of hydrogen-bond donors (Lipinski definition) is 2. The molecule has 1 aromatic heterocycles. The van der Waals surface area contributed by atoms with E-state index in [9.17, 15) is 14.4 Å². The number of nitrogens with one attached hydrogen (secondary N) is 1. The number of alkyl halides is 1. The molecular formula is C14H14ClN3O3. The summed E-state index contributed by atoms with van der Waals surface area (Å²) in [7, 11) is 0. The Labute approximate surface area is 125 Å². The van der Waals surface area contributed by atoms with E-state index in [0.29, 0.717) is 6.42 Å². The van der Waals surface area contributed by atoms with Crippen LogP contribution in [0.3, 0.4) is 0 Å². The number of halogens is 1. The number of rotatable bonds is 5. The molecule has 0 saturated carbocycles. The number of nitrogens with zero attached hydrogens (tertiary/aromatic N) is 1. The van der Waals surface area contributed by atoms with Crippen molar-refractivity contribution in [1.29, 1.82) is 0 Å². The van der Waals surface area contributed by atoms with Crippen molar-refractivity contribution in [3.63, 3.8) is 0 Å². The van der Waals surface area contributed by atoms with E-state index in [4.69, 9.17) is 17.3 Å². The normalized spacial score (nSPS) is 10.5. The average Bonchev–Trinajstić information content (AvgIpc) is 2.47. The topological polar surface area (TPSA) is 98.0 Å². The van der Waals surface area contributed by atoms with Crippen molar-refractivity contribution in [2.24, 2.45) is 0 Å². The molecule has 21 heavy (non-hydrogen) atoms. The largest absolute Gasteiger partial charge is 0.384 e. The summed E-state index contributed by atoms with van der Waals surface area (Å²) >= 11 is 5.45. The standard InChI is InChI=1S/C14H14ClN3O3/c15-8-10(19)11-12(16)18(14(21)17-13(11)20)7-6-9-4-2-1-3-5-9/h1-5H,6-8,16H2,(H,17,20,21). The molecule has 0 saturated heterocycles. The van der Waals surface area contributed by atoms with Crippen LogP contribution in [0.1, 0.15) is 15.9 Å². The Bertz CT molecular complexity index is 765. The van der Waals surface area contributed by atoms with Crippen LogP contribution in [-0.4, -0.2) is 21.2 Å². The molecule has 3 N–H and O–H groups in total. The summed E-state index contributed by atoms with van der Waals surface area (Å²) in [5.41, 5.74) is 5.09. The van der Waals surface area contributed by atoms with Crippen LogP contribution in [0.25, 0.3) is 0 Å². The number of carbonyl (C=O) groups is 1. The highest BCUT2D eigenvalue weighted by atomic mass is 35.5. The number of nitrogen functional groups attached to an aromatic ring is 1. The summed E-state index contributed by atoms with van der Waals surface area (Å²) in [6, 6.07) is 9.49. The number of H-pyrrole nitrogens is 1. The third kappa shape index (κ3) is 3.22. The Kier molecular flexibility index (Phi) is 4.59. The zero-order valence-electron chi connectivity index (χ0n) is 11.1. The second kappa shape index (κ2) is 6.41. The first kappa shape index (κ1) is 15.1. The Balaban J connectivity index is 2.38. The van der Waals surface area contributed by atoms with E-state index < -0.39 is 17.0 Å². The molecule has 0 spiro atoms. The minimum absolute atomic E-state index is 0.148. The molecule has 0 atom stereocenters. The molecule has 0 amide bonds. The van der Waals surface area contributed by atoms with Crippen molar-refractivity contribution in [2.45, 2.75) is 13.0 Å². The van der Waals surface area contributed by atoms with Crippen LogP contribution in [0.15, 0.2) is 39.9 Å². The number of aryl methyl sites for hydroxylation is 1. The highest BCUT2D eigenvalue weighted by Crippen LogP contribution is 2.08. The zero-order chi connectivity index (χ0) is 15.4. The van der Waals surface area contributed by atoms with Crippen LogP contribution in [0.5, 0.6) is 0 Å². The monoisotopic (exact) mass is 307 g/mol. The summed E-state index contributed by atoms with van der Waals surface area (Å²) in [6.07, 6.45) is 0.547. The lowest BCUT2D eigenvalue weighted by Gasteiger charge is -2.11. The minimum Gasteiger partial charge on any atom is -0.384 e. The molecule has 110 valence electrons. The lowest BCUT2D eigenvalue weighted by molar-refractivity contribution is 0.101. The van der Waals surface area contributed by atoms with Gasteiger partial charge < -0.3 is 5.73 Å². The number of carbonyl (C=O) groups excluding carboxylic acids is 1. The van der Waals surface area contributed by atoms with Gasteiger partial charge in [-0.1, -0.05) is 30.3 Å². The molecular weight excluding hydrogens is 294 g/mol. The quantitative estimate of drug-likeness (QED) is 0.630. The summed E-state index contributed by atoms with van der Waals surface area (Å²) in [4.78, 5) is 37.2. The van der Waals surface area contributed by atoms with E-state index in [1.54, 1.807) is 0 Å². The number of aromatic amines is 1. The number of aromatic nitrogens is 2. The molecule has 0 bridgehead atoms. The summed E-state index contributed by atoms with van der Waals surface area (Å²) < 4.78 is 1.17. The smallest absolute Gasteiger partial charge is 0.329 e. The highest BCUT2D eigenvalue weighted by Gasteiger charge is 2.18. The van der Waals surface area contributed by atoms with Crippen molar-refractivity contribution >= 4 is 23.2 Å². The minimum atomic E-state index is -0.806. The number of benzene rings is 1. The first-order valence-corrected chi connectivity index (χ1v) is 6.83. The fourth-order valence-corrected chi connectivity index (χ4v) is 2.17. The van der Waals surface area contributed by atoms with Gasteiger partial charge in [0.1, 0.15) is 11.4 Å². The number of nitrogens with two attached hydrogens (primary N) is 1. The molecule has 0 aliphatic rings. The molecule has 0 unspecified atom stereocenters. The van der Waals surface area contributed by atoms with Crippen LogP contribution in [-0.2, 0) is 13.0 Å². The zero-order valence-corrected chi connectivity index (χ0v) is 11.9. The first-order valence-electron chi connectivity index (χ1n) is 6.30.